The summed E-state index contributed by atoms with van der Waals surface area (Å²) in [4.78, 5) is 16.5. The molecule has 0 radical (unpaired) electrons. The summed E-state index contributed by atoms with van der Waals surface area (Å²) in [5, 5.41) is 22.2. The molecule has 11 heteroatoms. The zero-order chi connectivity index (χ0) is 27.6. The fourth-order valence-electron chi connectivity index (χ4n) is 4.91. The Kier molecular flexibility index (Phi) is 10.2. The van der Waals surface area contributed by atoms with Crippen LogP contribution in [0.3, 0.4) is 0 Å². The number of ether oxygens (including phenoxy) is 2. The van der Waals surface area contributed by atoms with Gasteiger partial charge in [0.1, 0.15) is 17.8 Å². The van der Waals surface area contributed by atoms with Gasteiger partial charge in [0.15, 0.2) is 14.5 Å². The Morgan fingerprint density at radius 3 is 2.11 bits per heavy atom. The Labute approximate surface area is 218 Å². The normalized spacial score (nSPS) is 25.5. The van der Waals surface area contributed by atoms with Crippen LogP contribution in [-0.2, 0) is 13.3 Å². The lowest BCUT2D eigenvalue weighted by atomic mass is 9.96. The van der Waals surface area contributed by atoms with E-state index in [0.29, 0.717) is 17.7 Å². The van der Waals surface area contributed by atoms with Crippen LogP contribution in [0.2, 0.25) is 28.7 Å². The van der Waals surface area contributed by atoms with Crippen molar-refractivity contribution < 1.29 is 28.2 Å². The van der Waals surface area contributed by atoms with E-state index in [9.17, 15) is 15.0 Å². The van der Waals surface area contributed by atoms with Crippen molar-refractivity contribution in [1.82, 2.24) is 9.55 Å². The van der Waals surface area contributed by atoms with Crippen LogP contribution >= 0.6 is 0 Å². The number of aromatic nitrogens is 2. The minimum atomic E-state index is -2.79. The highest BCUT2D eigenvalue weighted by Crippen LogP contribution is 2.44. The molecule has 2 N–H and O–H groups in total. The monoisotopic (exact) mass is 544 g/mol. The quantitative estimate of drug-likeness (QED) is 0.374. The Morgan fingerprint density at radius 2 is 1.67 bits per heavy atom. The number of hydrogen-bond acceptors (Lipinski definition) is 8. The van der Waals surface area contributed by atoms with E-state index in [-0.39, 0.29) is 23.6 Å². The lowest BCUT2D eigenvalue weighted by molar-refractivity contribution is -0.0988. The summed E-state index contributed by atoms with van der Waals surface area (Å²) in [6, 6.07) is 1.53. The van der Waals surface area contributed by atoms with Crippen LogP contribution in [0, 0.1) is 0 Å². The Hall–Kier alpha value is -1.09. The van der Waals surface area contributed by atoms with Crippen LogP contribution in [0.4, 0.5) is 0 Å². The Bertz CT molecular complexity index is 904. The van der Waals surface area contributed by atoms with Gasteiger partial charge in [0.25, 0.3) is 0 Å². The van der Waals surface area contributed by atoms with Gasteiger partial charge >= 0.3 is 14.3 Å². The molecule has 0 amide bonds. The van der Waals surface area contributed by atoms with Crippen molar-refractivity contribution in [3.63, 3.8) is 0 Å². The maximum absolute atomic E-state index is 12.6. The molecule has 1 aromatic rings. The van der Waals surface area contributed by atoms with E-state index >= 15 is 0 Å². The Morgan fingerprint density at radius 1 is 1.11 bits per heavy atom. The molecule has 1 aliphatic rings. The van der Waals surface area contributed by atoms with Crippen LogP contribution in [0.1, 0.15) is 75.5 Å². The van der Waals surface area contributed by atoms with Gasteiger partial charge in [0.05, 0.1) is 13.2 Å². The molecule has 1 aromatic heterocycles. The summed E-state index contributed by atoms with van der Waals surface area (Å²) in [6.07, 6.45) is -1.78. The van der Waals surface area contributed by atoms with Crippen molar-refractivity contribution in [3.05, 3.63) is 22.7 Å². The maximum atomic E-state index is 12.6. The van der Waals surface area contributed by atoms with Gasteiger partial charge < -0.3 is 28.2 Å². The lowest BCUT2D eigenvalue weighted by Crippen LogP contribution is -2.59. The summed E-state index contributed by atoms with van der Waals surface area (Å²) in [6.45, 7) is 23.4. The molecule has 208 valence electrons. The highest BCUT2D eigenvalue weighted by molar-refractivity contribution is 6.86. The molecule has 1 fully saturated rings. The molecule has 2 heterocycles. The molecule has 0 aliphatic carbocycles. The van der Waals surface area contributed by atoms with Crippen LogP contribution in [-0.4, -0.2) is 67.7 Å². The van der Waals surface area contributed by atoms with Crippen molar-refractivity contribution in [3.8, 4) is 5.88 Å². The van der Waals surface area contributed by atoms with Gasteiger partial charge in [-0.3, -0.25) is 4.57 Å². The highest BCUT2D eigenvalue weighted by atomic mass is 28.4. The molecule has 0 spiro atoms. The lowest BCUT2D eigenvalue weighted by Gasteiger charge is -2.48. The molecule has 36 heavy (non-hydrogen) atoms. The topological polar surface area (TPSA) is 112 Å². The molecular formula is C25H48N2O7Si2. The molecule has 0 unspecified atom stereocenters. The molecule has 9 nitrogen and oxygen atoms in total. The van der Waals surface area contributed by atoms with E-state index in [1.54, 1.807) is 6.92 Å². The number of nitrogens with zero attached hydrogens (tertiary/aromatic N) is 2. The second-order valence-electron chi connectivity index (χ2n) is 11.5. The number of rotatable bonds is 12. The molecule has 0 aromatic carbocycles. The van der Waals surface area contributed by atoms with E-state index < -0.39 is 46.6 Å². The zero-order valence-electron chi connectivity index (χ0n) is 23.9. The first-order chi connectivity index (χ1) is 16.5. The SMILES string of the molecule is CCOc1ccn([C@@H]2O[C@H](CO[Si](O[Si](C)(C(C)C)C(C)C)(C(C)C)C(C)C)[C@@H](O)[C@@]2(C)O)c(=O)n1. The van der Waals surface area contributed by atoms with Gasteiger partial charge in [0.2, 0.25) is 5.88 Å². The average Bonchev–Trinajstić information content (AvgIpc) is 2.99. The smallest absolute Gasteiger partial charge is 0.353 e. The molecule has 1 aliphatic heterocycles. The summed E-state index contributed by atoms with van der Waals surface area (Å²) in [7, 11) is -4.95. The first-order valence-corrected chi connectivity index (χ1v) is 17.7. The number of hydrogen-bond donors (Lipinski definition) is 2. The highest BCUT2D eigenvalue weighted by Gasteiger charge is 2.56. The van der Waals surface area contributed by atoms with E-state index in [4.69, 9.17) is 18.0 Å². The summed E-state index contributed by atoms with van der Waals surface area (Å²) in [5.74, 6) is 0.196. The van der Waals surface area contributed by atoms with Crippen molar-refractivity contribution in [2.75, 3.05) is 13.2 Å². The number of aliphatic hydroxyl groups excluding tert-OH is 1. The second-order valence-corrected chi connectivity index (χ2v) is 21.1. The predicted molar refractivity (Wildman–Crippen MR) is 145 cm³/mol. The standard InChI is InChI=1S/C25H48N2O7Si2/c1-12-31-21-13-14-27(24(29)26-21)23-25(10,30)22(28)20(33-23)15-32-36(18(6)7,19(8)9)34-35(11,16(2)3)17(4)5/h13-14,16-20,22-23,28,30H,12,15H2,1-11H3/t20-,22-,23-,25-/m1/s1. The molecule has 4 atom stereocenters. The molecule has 2 rings (SSSR count). The van der Waals surface area contributed by atoms with Gasteiger partial charge in [-0.15, -0.1) is 0 Å². The number of aliphatic hydroxyl groups is 2. The second kappa shape index (κ2) is 11.8. The minimum Gasteiger partial charge on any atom is -0.478 e. The first-order valence-electron chi connectivity index (χ1n) is 13.2. The van der Waals surface area contributed by atoms with Crippen molar-refractivity contribution in [1.29, 1.82) is 0 Å². The van der Waals surface area contributed by atoms with Crippen LogP contribution < -0.4 is 10.4 Å². The Balaban J connectivity index is 2.34. The van der Waals surface area contributed by atoms with Crippen molar-refractivity contribution in [2.45, 2.75) is 122 Å². The largest absolute Gasteiger partial charge is 0.478 e. The molecule has 0 saturated carbocycles. The average molecular weight is 545 g/mol. The molecular weight excluding hydrogens is 496 g/mol. The van der Waals surface area contributed by atoms with Crippen LogP contribution in [0.15, 0.2) is 17.1 Å². The van der Waals surface area contributed by atoms with Crippen molar-refractivity contribution in [2.24, 2.45) is 0 Å². The minimum absolute atomic E-state index is 0.0519. The van der Waals surface area contributed by atoms with E-state index in [2.05, 4.69) is 66.9 Å². The zero-order valence-corrected chi connectivity index (χ0v) is 25.9. The van der Waals surface area contributed by atoms with E-state index in [0.717, 1.165) is 0 Å². The maximum Gasteiger partial charge on any atom is 0.353 e. The fraction of sp³-hybridized carbons (Fsp3) is 0.840. The predicted octanol–water partition coefficient (Wildman–Crippen LogP) is 4.34. The van der Waals surface area contributed by atoms with Gasteiger partial charge in [-0.05, 0) is 42.6 Å². The van der Waals surface area contributed by atoms with Crippen molar-refractivity contribution >= 4 is 16.9 Å². The first kappa shape index (κ1) is 31.1. The van der Waals surface area contributed by atoms with E-state index in [1.165, 1.54) is 23.8 Å². The fourth-order valence-corrected chi connectivity index (χ4v) is 15.4. The van der Waals surface area contributed by atoms with Gasteiger partial charge in [-0.1, -0.05) is 55.4 Å². The third-order valence-corrected chi connectivity index (χ3v) is 19.3. The molecule has 1 saturated heterocycles. The summed E-state index contributed by atoms with van der Waals surface area (Å²) >= 11 is 0. The third-order valence-electron chi connectivity index (χ3n) is 7.86. The van der Waals surface area contributed by atoms with Gasteiger partial charge in [-0.25, -0.2) is 4.79 Å². The third kappa shape index (κ3) is 5.97. The van der Waals surface area contributed by atoms with Gasteiger partial charge in [0, 0.05) is 12.3 Å². The summed E-state index contributed by atoms with van der Waals surface area (Å²) < 4.78 is 26.4. The van der Waals surface area contributed by atoms with Crippen LogP contribution in [0.25, 0.3) is 0 Å². The van der Waals surface area contributed by atoms with E-state index in [1.807, 2.05) is 0 Å². The molecule has 0 bridgehead atoms. The van der Waals surface area contributed by atoms with Crippen LogP contribution in [0.5, 0.6) is 5.88 Å². The summed E-state index contributed by atoms with van der Waals surface area (Å²) in [5.41, 5.74) is -1.23. The van der Waals surface area contributed by atoms with Gasteiger partial charge in [-0.2, -0.15) is 4.98 Å².